The number of aryl methyl sites for hydroxylation is 1. The van der Waals surface area contributed by atoms with Crippen LogP contribution in [0.4, 0.5) is 0 Å². The zero-order valence-corrected chi connectivity index (χ0v) is 11.0. The lowest BCUT2D eigenvalue weighted by atomic mass is 10.1. The number of fused-ring (bicyclic) bond motifs is 1. The van der Waals surface area contributed by atoms with Crippen LogP contribution in [-0.4, -0.2) is 15.0 Å². The van der Waals surface area contributed by atoms with Gasteiger partial charge in [-0.15, -0.1) is 0 Å². The Morgan fingerprint density at radius 2 is 2.05 bits per heavy atom. The minimum atomic E-state index is -0.0912. The lowest BCUT2D eigenvalue weighted by molar-refractivity contribution is 0.773. The summed E-state index contributed by atoms with van der Waals surface area (Å²) >= 11 is 0. The highest BCUT2D eigenvalue weighted by molar-refractivity contribution is 5.87. The fourth-order valence-electron chi connectivity index (χ4n) is 2.16. The van der Waals surface area contributed by atoms with Crippen LogP contribution in [0.2, 0.25) is 0 Å². The van der Waals surface area contributed by atoms with Gasteiger partial charge in [-0.2, -0.15) is 0 Å². The fourth-order valence-corrected chi connectivity index (χ4v) is 2.16. The van der Waals surface area contributed by atoms with E-state index in [0.29, 0.717) is 0 Å². The van der Waals surface area contributed by atoms with Crippen molar-refractivity contribution in [3.05, 3.63) is 47.9 Å². The van der Waals surface area contributed by atoms with Gasteiger partial charge in [-0.3, -0.25) is 9.97 Å². The third-order valence-electron chi connectivity index (χ3n) is 3.30. The summed E-state index contributed by atoms with van der Waals surface area (Å²) in [5.41, 5.74) is 10.8. The van der Waals surface area contributed by atoms with Crippen molar-refractivity contribution in [1.82, 2.24) is 15.0 Å². The third-order valence-corrected chi connectivity index (χ3v) is 3.30. The van der Waals surface area contributed by atoms with Crippen LogP contribution in [0, 0.1) is 6.92 Å². The summed E-state index contributed by atoms with van der Waals surface area (Å²) in [5.74, 6) is 0. The summed E-state index contributed by atoms with van der Waals surface area (Å²) in [6.45, 7) is 4.00. The minimum Gasteiger partial charge on any atom is -0.353 e. The molecule has 0 saturated heterocycles. The molecule has 2 aromatic heterocycles. The van der Waals surface area contributed by atoms with E-state index in [4.69, 9.17) is 5.73 Å². The second-order valence-corrected chi connectivity index (χ2v) is 4.83. The number of benzene rings is 1. The van der Waals surface area contributed by atoms with Crippen molar-refractivity contribution in [2.75, 3.05) is 0 Å². The zero-order chi connectivity index (χ0) is 13.4. The van der Waals surface area contributed by atoms with Crippen LogP contribution >= 0.6 is 0 Å². The molecule has 0 radical (unpaired) electrons. The maximum absolute atomic E-state index is 5.77. The van der Waals surface area contributed by atoms with Crippen LogP contribution in [-0.2, 0) is 0 Å². The molecule has 0 spiro atoms. The summed E-state index contributed by atoms with van der Waals surface area (Å²) in [7, 11) is 0. The largest absolute Gasteiger partial charge is 0.353 e. The Hall–Kier alpha value is -2.20. The van der Waals surface area contributed by atoms with Crippen molar-refractivity contribution < 1.29 is 0 Å². The molecule has 0 aliphatic heterocycles. The van der Waals surface area contributed by atoms with Crippen molar-refractivity contribution in [3.8, 4) is 11.4 Å². The highest BCUT2D eigenvalue weighted by Gasteiger charge is 2.07. The van der Waals surface area contributed by atoms with Gasteiger partial charge >= 0.3 is 0 Å². The van der Waals surface area contributed by atoms with E-state index in [1.54, 1.807) is 12.4 Å². The molecule has 3 N–H and O–H groups in total. The van der Waals surface area contributed by atoms with Gasteiger partial charge in [0.2, 0.25) is 0 Å². The van der Waals surface area contributed by atoms with Crippen LogP contribution in [0.3, 0.4) is 0 Å². The molecule has 0 amide bonds. The Kier molecular flexibility index (Phi) is 2.80. The second kappa shape index (κ2) is 4.48. The van der Waals surface area contributed by atoms with Gasteiger partial charge in [0.25, 0.3) is 0 Å². The van der Waals surface area contributed by atoms with Gasteiger partial charge in [-0.25, -0.2) is 0 Å². The van der Waals surface area contributed by atoms with Gasteiger partial charge in [0, 0.05) is 16.9 Å². The Balaban J connectivity index is 2.06. The molecule has 96 valence electrons. The molecule has 0 aliphatic carbocycles. The molecule has 3 aromatic rings. The van der Waals surface area contributed by atoms with Gasteiger partial charge < -0.3 is 10.7 Å². The van der Waals surface area contributed by atoms with Gasteiger partial charge in [0.1, 0.15) is 5.69 Å². The summed E-state index contributed by atoms with van der Waals surface area (Å²) in [5, 5.41) is 1.22. The summed E-state index contributed by atoms with van der Waals surface area (Å²) in [6.07, 6.45) is 3.50. The Bertz CT molecular complexity index is 711. The van der Waals surface area contributed by atoms with Crippen molar-refractivity contribution in [1.29, 1.82) is 0 Å². The first kappa shape index (κ1) is 11.9. The molecule has 0 fully saturated rings. The normalized spacial score (nSPS) is 12.8. The lowest BCUT2D eigenvalue weighted by Gasteiger charge is -2.03. The SMILES string of the molecule is Cc1cccc2[nH]c(-c3cnc(C(C)N)cn3)cc12. The first-order valence-corrected chi connectivity index (χ1v) is 6.31. The van der Waals surface area contributed by atoms with Crippen LogP contribution in [0.25, 0.3) is 22.3 Å². The first-order valence-electron chi connectivity index (χ1n) is 6.31. The number of nitrogens with two attached hydrogens (primary N) is 1. The van der Waals surface area contributed by atoms with E-state index in [1.807, 2.05) is 13.0 Å². The Morgan fingerprint density at radius 1 is 1.21 bits per heavy atom. The van der Waals surface area contributed by atoms with Crippen LogP contribution in [0.5, 0.6) is 0 Å². The topological polar surface area (TPSA) is 67.6 Å². The molecule has 1 unspecified atom stereocenters. The van der Waals surface area contributed by atoms with Gasteiger partial charge in [-0.1, -0.05) is 12.1 Å². The van der Waals surface area contributed by atoms with Gasteiger partial charge in [0.15, 0.2) is 0 Å². The number of hydrogen-bond acceptors (Lipinski definition) is 3. The average Bonchev–Trinajstić information content (AvgIpc) is 2.84. The van der Waals surface area contributed by atoms with E-state index in [0.717, 1.165) is 22.6 Å². The van der Waals surface area contributed by atoms with Gasteiger partial charge in [0.05, 0.1) is 23.8 Å². The Labute approximate surface area is 111 Å². The molecular weight excluding hydrogens is 236 g/mol. The monoisotopic (exact) mass is 252 g/mol. The number of H-pyrrole nitrogens is 1. The van der Waals surface area contributed by atoms with E-state index >= 15 is 0 Å². The number of aromatic amines is 1. The highest BCUT2D eigenvalue weighted by Crippen LogP contribution is 2.24. The smallest absolute Gasteiger partial charge is 0.105 e. The number of rotatable bonds is 2. The number of nitrogens with zero attached hydrogens (tertiary/aromatic N) is 2. The molecule has 3 rings (SSSR count). The summed E-state index contributed by atoms with van der Waals surface area (Å²) in [6, 6.07) is 8.23. The molecule has 0 saturated carbocycles. The maximum atomic E-state index is 5.77. The molecule has 0 bridgehead atoms. The van der Waals surface area contributed by atoms with E-state index in [2.05, 4.69) is 40.1 Å². The second-order valence-electron chi connectivity index (χ2n) is 4.83. The summed E-state index contributed by atoms with van der Waals surface area (Å²) < 4.78 is 0. The minimum absolute atomic E-state index is 0.0912. The van der Waals surface area contributed by atoms with Crippen LogP contribution in [0.1, 0.15) is 24.2 Å². The highest BCUT2D eigenvalue weighted by atomic mass is 14.9. The van der Waals surface area contributed by atoms with Crippen molar-refractivity contribution in [2.45, 2.75) is 19.9 Å². The standard InChI is InChI=1S/C15H16N4/c1-9-4-3-5-12-11(9)6-13(19-12)15-8-17-14(7-18-15)10(2)16/h3-8,10,19H,16H2,1-2H3. The third kappa shape index (κ3) is 2.11. The summed E-state index contributed by atoms with van der Waals surface area (Å²) in [4.78, 5) is 12.1. The number of hydrogen-bond donors (Lipinski definition) is 2. The quantitative estimate of drug-likeness (QED) is 0.736. The first-order chi connectivity index (χ1) is 9.15. The fraction of sp³-hybridized carbons (Fsp3) is 0.200. The van der Waals surface area contributed by atoms with Crippen molar-refractivity contribution in [2.24, 2.45) is 5.73 Å². The molecule has 4 nitrogen and oxygen atoms in total. The molecule has 0 aliphatic rings. The molecule has 1 atom stereocenters. The van der Waals surface area contributed by atoms with Crippen molar-refractivity contribution >= 4 is 10.9 Å². The maximum Gasteiger partial charge on any atom is 0.105 e. The van der Waals surface area contributed by atoms with Crippen LogP contribution in [0.15, 0.2) is 36.7 Å². The predicted octanol–water partition coefficient (Wildman–Crippen LogP) is 2.95. The zero-order valence-electron chi connectivity index (χ0n) is 11.0. The molecule has 19 heavy (non-hydrogen) atoms. The lowest BCUT2D eigenvalue weighted by Crippen LogP contribution is -2.07. The van der Waals surface area contributed by atoms with Gasteiger partial charge in [-0.05, 0) is 31.5 Å². The van der Waals surface area contributed by atoms with E-state index in [-0.39, 0.29) is 6.04 Å². The molecular formula is C15H16N4. The number of nitrogens with one attached hydrogen (secondary N) is 1. The Morgan fingerprint density at radius 3 is 2.68 bits per heavy atom. The predicted molar refractivity (Wildman–Crippen MR) is 76.7 cm³/mol. The van der Waals surface area contributed by atoms with E-state index in [9.17, 15) is 0 Å². The van der Waals surface area contributed by atoms with E-state index < -0.39 is 0 Å². The number of aromatic nitrogens is 3. The van der Waals surface area contributed by atoms with Crippen LogP contribution < -0.4 is 5.73 Å². The molecule has 2 heterocycles. The van der Waals surface area contributed by atoms with Crippen molar-refractivity contribution in [3.63, 3.8) is 0 Å². The average molecular weight is 252 g/mol. The molecule has 4 heteroatoms. The van der Waals surface area contributed by atoms with E-state index in [1.165, 1.54) is 10.9 Å². The molecule has 1 aromatic carbocycles.